The third-order valence-electron chi connectivity index (χ3n) is 5.12. The predicted molar refractivity (Wildman–Crippen MR) is 126 cm³/mol. The average molecular weight is 448 g/mol. The maximum absolute atomic E-state index is 12.7. The van der Waals surface area contributed by atoms with E-state index in [0.717, 1.165) is 16.6 Å². The Morgan fingerprint density at radius 3 is 2.59 bits per heavy atom. The van der Waals surface area contributed by atoms with Gasteiger partial charge in [0.15, 0.2) is 6.10 Å². The summed E-state index contributed by atoms with van der Waals surface area (Å²) in [6.07, 6.45) is -0.596. The van der Waals surface area contributed by atoms with Crippen molar-refractivity contribution in [2.45, 2.75) is 26.4 Å². The van der Waals surface area contributed by atoms with E-state index in [1.54, 1.807) is 37.3 Å². The first-order chi connectivity index (χ1) is 15.4. The number of rotatable bonds is 6. The first-order valence-corrected chi connectivity index (χ1v) is 10.7. The fourth-order valence-corrected chi connectivity index (χ4v) is 3.46. The number of aryl methyl sites for hydroxylation is 1. The molecule has 4 aromatic rings. The van der Waals surface area contributed by atoms with Gasteiger partial charge in [-0.05, 0) is 49.2 Å². The molecule has 0 saturated carbocycles. The topological polar surface area (TPSA) is 84.1 Å². The second kappa shape index (κ2) is 9.24. The molecular weight excluding hydrogens is 426 g/mol. The van der Waals surface area contributed by atoms with Gasteiger partial charge in [0, 0.05) is 16.3 Å². The Labute approximate surface area is 190 Å². The van der Waals surface area contributed by atoms with E-state index in [1.165, 1.54) is 0 Å². The van der Waals surface area contributed by atoms with Gasteiger partial charge in [-0.25, -0.2) is 9.78 Å². The number of fused-ring (bicyclic) bond motifs is 1. The molecule has 0 fully saturated rings. The maximum Gasteiger partial charge on any atom is 0.338 e. The number of nitrogens with one attached hydrogen (secondary N) is 2. The molecule has 3 aromatic carbocycles. The zero-order valence-electron chi connectivity index (χ0n) is 17.7. The van der Waals surface area contributed by atoms with E-state index in [-0.39, 0.29) is 0 Å². The summed E-state index contributed by atoms with van der Waals surface area (Å²) < 4.78 is 5.50. The summed E-state index contributed by atoms with van der Waals surface area (Å²) in [5.74, 6) is -0.268. The lowest BCUT2D eigenvalue weighted by Gasteiger charge is -2.16. The summed E-state index contributed by atoms with van der Waals surface area (Å²) in [6.45, 7) is 3.66. The molecule has 1 heterocycles. The third-order valence-corrected chi connectivity index (χ3v) is 5.52. The Bertz CT molecular complexity index is 1280. The van der Waals surface area contributed by atoms with Crippen molar-refractivity contribution in [1.29, 1.82) is 0 Å². The molecule has 2 N–H and O–H groups in total. The van der Waals surface area contributed by atoms with E-state index in [4.69, 9.17) is 16.3 Å². The highest BCUT2D eigenvalue weighted by atomic mass is 35.5. The van der Waals surface area contributed by atoms with Crippen molar-refractivity contribution >= 4 is 40.2 Å². The van der Waals surface area contributed by atoms with Gasteiger partial charge in [-0.2, -0.15) is 0 Å². The van der Waals surface area contributed by atoms with Gasteiger partial charge in [0.25, 0.3) is 5.91 Å². The zero-order valence-corrected chi connectivity index (χ0v) is 18.4. The lowest BCUT2D eigenvalue weighted by molar-refractivity contribution is -0.124. The number of imidazole rings is 1. The first-order valence-electron chi connectivity index (χ1n) is 10.3. The van der Waals surface area contributed by atoms with E-state index >= 15 is 0 Å². The summed E-state index contributed by atoms with van der Waals surface area (Å²) in [5, 5.41) is 3.30. The van der Waals surface area contributed by atoms with E-state index in [1.807, 2.05) is 43.3 Å². The highest BCUT2D eigenvalue weighted by Crippen LogP contribution is 2.23. The normalized spacial score (nSPS) is 11.8. The van der Waals surface area contributed by atoms with Crippen molar-refractivity contribution in [2.75, 3.05) is 5.32 Å². The van der Waals surface area contributed by atoms with Crippen LogP contribution in [0.1, 0.15) is 29.3 Å². The third kappa shape index (κ3) is 4.65. The molecular formula is C25H22ClN3O3. The summed E-state index contributed by atoms with van der Waals surface area (Å²) in [5.41, 5.74) is 4.20. The molecule has 0 aliphatic heterocycles. The molecule has 1 aromatic heterocycles. The Morgan fingerprint density at radius 1 is 1.09 bits per heavy atom. The zero-order chi connectivity index (χ0) is 22.7. The molecule has 4 rings (SSSR count). The van der Waals surface area contributed by atoms with Crippen LogP contribution in [-0.4, -0.2) is 27.9 Å². The molecule has 6 nitrogen and oxygen atoms in total. The lowest BCUT2D eigenvalue weighted by atomic mass is 10.2. The molecule has 7 heteroatoms. The van der Waals surface area contributed by atoms with Crippen LogP contribution < -0.4 is 5.32 Å². The van der Waals surface area contributed by atoms with Gasteiger partial charge in [0.2, 0.25) is 0 Å². The number of esters is 1. The highest BCUT2D eigenvalue weighted by molar-refractivity contribution is 6.31. The Hall–Kier alpha value is -3.64. The van der Waals surface area contributed by atoms with Crippen molar-refractivity contribution in [3.63, 3.8) is 0 Å². The number of carbonyl (C=O) groups excluding carboxylic acids is 2. The second-order valence-corrected chi connectivity index (χ2v) is 7.85. The minimum atomic E-state index is -0.931. The number of aromatic amines is 1. The van der Waals surface area contributed by atoms with Crippen LogP contribution in [-0.2, 0) is 9.53 Å². The molecule has 0 aliphatic carbocycles. The van der Waals surface area contributed by atoms with Crippen molar-refractivity contribution in [1.82, 2.24) is 9.97 Å². The fourth-order valence-electron chi connectivity index (χ4n) is 3.28. The number of benzene rings is 3. The van der Waals surface area contributed by atoms with Gasteiger partial charge in [-0.3, -0.25) is 4.79 Å². The SMILES string of the molecule is CCC(OC(=O)c1ccc2nc(-c3ccccc3)[nH]c2c1)C(=O)Nc1ccc(C)c(Cl)c1. The molecule has 162 valence electrons. The molecule has 0 bridgehead atoms. The van der Waals surface area contributed by atoms with Crippen molar-refractivity contribution in [2.24, 2.45) is 0 Å². The number of nitrogens with zero attached hydrogens (tertiary/aromatic N) is 1. The Kier molecular flexibility index (Phi) is 6.23. The molecule has 1 atom stereocenters. The molecule has 0 aliphatic rings. The smallest absolute Gasteiger partial charge is 0.338 e. The van der Waals surface area contributed by atoms with Gasteiger partial charge in [0.1, 0.15) is 5.82 Å². The van der Waals surface area contributed by atoms with E-state index in [0.29, 0.717) is 34.0 Å². The number of hydrogen-bond acceptors (Lipinski definition) is 4. The molecule has 1 unspecified atom stereocenters. The van der Waals surface area contributed by atoms with Crippen LogP contribution in [0.2, 0.25) is 5.02 Å². The predicted octanol–water partition coefficient (Wildman–Crippen LogP) is 5.77. The monoisotopic (exact) mass is 447 g/mol. The highest BCUT2D eigenvalue weighted by Gasteiger charge is 2.23. The molecule has 32 heavy (non-hydrogen) atoms. The van der Waals surface area contributed by atoms with Crippen LogP contribution in [0.25, 0.3) is 22.4 Å². The molecule has 0 saturated heterocycles. The Morgan fingerprint density at radius 2 is 1.88 bits per heavy atom. The first kappa shape index (κ1) is 21.6. The van der Waals surface area contributed by atoms with Gasteiger partial charge < -0.3 is 15.0 Å². The number of amides is 1. The lowest BCUT2D eigenvalue weighted by Crippen LogP contribution is -2.32. The fraction of sp³-hybridized carbons (Fsp3) is 0.160. The van der Waals surface area contributed by atoms with Gasteiger partial charge in [-0.15, -0.1) is 0 Å². The van der Waals surface area contributed by atoms with Crippen molar-refractivity contribution < 1.29 is 14.3 Å². The standard InChI is InChI=1S/C25H22ClN3O3/c1-3-22(24(30)27-18-11-9-15(2)19(26)14-18)32-25(31)17-10-12-20-21(13-17)29-23(28-20)16-7-5-4-6-8-16/h4-14,22H,3H2,1-2H3,(H,27,30)(H,28,29). The largest absolute Gasteiger partial charge is 0.449 e. The number of ether oxygens (including phenoxy) is 1. The number of carbonyl (C=O) groups is 2. The minimum Gasteiger partial charge on any atom is -0.449 e. The van der Waals surface area contributed by atoms with Crippen molar-refractivity contribution in [3.05, 3.63) is 82.9 Å². The second-order valence-electron chi connectivity index (χ2n) is 7.44. The van der Waals surface area contributed by atoms with Crippen molar-refractivity contribution in [3.8, 4) is 11.4 Å². The van der Waals surface area contributed by atoms with Crippen LogP contribution in [0.5, 0.6) is 0 Å². The summed E-state index contributed by atoms with van der Waals surface area (Å²) in [7, 11) is 0. The van der Waals surface area contributed by atoms with E-state index in [9.17, 15) is 9.59 Å². The van der Waals surface area contributed by atoms with Crippen LogP contribution in [0, 0.1) is 6.92 Å². The van der Waals surface area contributed by atoms with E-state index in [2.05, 4.69) is 15.3 Å². The van der Waals surface area contributed by atoms with Crippen LogP contribution in [0.3, 0.4) is 0 Å². The van der Waals surface area contributed by atoms with E-state index < -0.39 is 18.0 Å². The maximum atomic E-state index is 12.7. The summed E-state index contributed by atoms with van der Waals surface area (Å²) >= 11 is 6.12. The van der Waals surface area contributed by atoms with Crippen LogP contribution in [0.4, 0.5) is 5.69 Å². The van der Waals surface area contributed by atoms with Gasteiger partial charge in [-0.1, -0.05) is 54.9 Å². The summed E-state index contributed by atoms with van der Waals surface area (Å²) in [4.78, 5) is 33.2. The van der Waals surface area contributed by atoms with Gasteiger partial charge >= 0.3 is 5.97 Å². The number of hydrogen-bond donors (Lipinski definition) is 2. The van der Waals surface area contributed by atoms with Gasteiger partial charge in [0.05, 0.1) is 16.6 Å². The quantitative estimate of drug-likeness (QED) is 0.368. The number of H-pyrrole nitrogens is 1. The van der Waals surface area contributed by atoms with Crippen LogP contribution >= 0.6 is 11.6 Å². The minimum absolute atomic E-state index is 0.335. The molecule has 0 radical (unpaired) electrons. The number of aromatic nitrogens is 2. The Balaban J connectivity index is 1.48. The summed E-state index contributed by atoms with van der Waals surface area (Å²) in [6, 6.07) is 20.0. The number of anilines is 1. The molecule has 1 amide bonds. The van der Waals surface area contributed by atoms with Crippen LogP contribution in [0.15, 0.2) is 66.7 Å². The average Bonchev–Trinajstić information content (AvgIpc) is 3.23. The molecule has 0 spiro atoms. The number of halogens is 1.